The Hall–Kier alpha value is -4.06. The Morgan fingerprint density at radius 1 is 0.929 bits per heavy atom. The quantitative estimate of drug-likeness (QED) is 0.191. The maximum Gasteiger partial charge on any atom is 0.416 e. The number of alkyl halides is 6. The maximum absolute atomic E-state index is 13.4. The third-order valence-electron chi connectivity index (χ3n) is 7.35. The van der Waals surface area contributed by atoms with Crippen molar-refractivity contribution in [3.05, 3.63) is 93.8 Å². The van der Waals surface area contributed by atoms with Gasteiger partial charge >= 0.3 is 12.4 Å². The largest absolute Gasteiger partial charge is 0.416 e. The fourth-order valence-corrected chi connectivity index (χ4v) is 5.00. The van der Waals surface area contributed by atoms with Gasteiger partial charge < -0.3 is 15.6 Å². The third-order valence-corrected chi connectivity index (χ3v) is 7.68. The molecule has 1 aromatic heterocycles. The number of anilines is 1. The summed E-state index contributed by atoms with van der Waals surface area (Å²) in [5, 5.41) is 5.15. The zero-order valence-corrected chi connectivity index (χ0v) is 22.5. The van der Waals surface area contributed by atoms with Crippen molar-refractivity contribution in [1.82, 2.24) is 15.3 Å². The Bertz CT molecular complexity index is 1640. The standard InChI is InChI=1S/C29H23ClF6N4O2/c30-21-8-4-17(15-37-26(42)27(10-1-11-27)29(34,35)36)12-20(21)25(41)38-19-6-2-16(3-7-19)13-24-39-22-9-5-18(28(31,32)33)14-23(22)40-24/h2-9,12,14H,1,10-11,13,15H2,(H,37,42)(H,38,41)(H,39,40). The second kappa shape index (κ2) is 11.0. The van der Waals surface area contributed by atoms with Gasteiger partial charge in [-0.1, -0.05) is 36.2 Å². The lowest BCUT2D eigenvalue weighted by atomic mass is 9.67. The second-order valence-electron chi connectivity index (χ2n) is 10.2. The van der Waals surface area contributed by atoms with Gasteiger partial charge in [0, 0.05) is 18.7 Å². The number of hydrogen-bond acceptors (Lipinski definition) is 3. The Balaban J connectivity index is 1.22. The number of rotatable bonds is 7. The monoisotopic (exact) mass is 608 g/mol. The number of hydrogen-bond donors (Lipinski definition) is 3. The summed E-state index contributed by atoms with van der Waals surface area (Å²) in [6, 6.07) is 14.3. The van der Waals surface area contributed by atoms with Crippen molar-refractivity contribution in [2.45, 2.75) is 44.6 Å². The van der Waals surface area contributed by atoms with E-state index in [2.05, 4.69) is 20.6 Å². The average Bonchev–Trinajstić information content (AvgIpc) is 3.29. The van der Waals surface area contributed by atoms with E-state index in [4.69, 9.17) is 11.6 Å². The molecule has 0 aliphatic heterocycles. The highest BCUT2D eigenvalue weighted by Gasteiger charge is 2.63. The summed E-state index contributed by atoms with van der Waals surface area (Å²) < 4.78 is 79.2. The smallest absolute Gasteiger partial charge is 0.351 e. The van der Waals surface area contributed by atoms with Crippen molar-refractivity contribution >= 4 is 40.1 Å². The van der Waals surface area contributed by atoms with Gasteiger partial charge in [0.2, 0.25) is 5.91 Å². The zero-order valence-electron chi connectivity index (χ0n) is 21.7. The van der Waals surface area contributed by atoms with Crippen LogP contribution in [0.15, 0.2) is 60.7 Å². The Labute approximate surface area is 240 Å². The van der Waals surface area contributed by atoms with Crippen LogP contribution in [0.25, 0.3) is 11.0 Å². The number of benzene rings is 3. The number of H-pyrrole nitrogens is 1. The van der Waals surface area contributed by atoms with Gasteiger partial charge in [0.05, 0.1) is 27.2 Å². The van der Waals surface area contributed by atoms with Gasteiger partial charge in [0.1, 0.15) is 11.2 Å². The Morgan fingerprint density at radius 2 is 1.62 bits per heavy atom. The van der Waals surface area contributed by atoms with Gasteiger partial charge in [0.15, 0.2) is 0 Å². The summed E-state index contributed by atoms with van der Waals surface area (Å²) in [7, 11) is 0. The molecule has 0 spiro atoms. The predicted molar refractivity (Wildman–Crippen MR) is 144 cm³/mol. The van der Waals surface area contributed by atoms with Crippen molar-refractivity contribution in [3.63, 3.8) is 0 Å². The van der Waals surface area contributed by atoms with Crippen LogP contribution in [0, 0.1) is 5.41 Å². The first kappa shape index (κ1) is 29.4. The third kappa shape index (κ3) is 5.94. The highest BCUT2D eigenvalue weighted by Crippen LogP contribution is 2.53. The van der Waals surface area contributed by atoms with Crippen LogP contribution in [0.2, 0.25) is 5.02 Å². The van der Waals surface area contributed by atoms with Crippen LogP contribution in [0.4, 0.5) is 32.0 Å². The summed E-state index contributed by atoms with van der Waals surface area (Å²) in [5.41, 5.74) is -0.789. The van der Waals surface area contributed by atoms with E-state index in [9.17, 15) is 35.9 Å². The molecule has 13 heteroatoms. The molecule has 0 radical (unpaired) electrons. The van der Waals surface area contributed by atoms with Crippen LogP contribution < -0.4 is 10.6 Å². The summed E-state index contributed by atoms with van der Waals surface area (Å²) in [6.07, 6.45) is -8.98. The second-order valence-corrected chi connectivity index (χ2v) is 10.6. The van der Waals surface area contributed by atoms with Crippen LogP contribution in [0.3, 0.4) is 0 Å². The molecule has 42 heavy (non-hydrogen) atoms. The molecule has 220 valence electrons. The first-order valence-electron chi connectivity index (χ1n) is 12.8. The fraction of sp³-hybridized carbons (Fsp3) is 0.276. The summed E-state index contributed by atoms with van der Waals surface area (Å²) in [4.78, 5) is 32.5. The summed E-state index contributed by atoms with van der Waals surface area (Å²) in [5.74, 6) is -1.18. The van der Waals surface area contributed by atoms with Gasteiger partial charge in [-0.25, -0.2) is 4.98 Å². The molecular weight excluding hydrogens is 586 g/mol. The lowest BCUT2D eigenvalue weighted by molar-refractivity contribution is -0.243. The van der Waals surface area contributed by atoms with Crippen LogP contribution >= 0.6 is 11.6 Å². The van der Waals surface area contributed by atoms with Gasteiger partial charge in [-0.2, -0.15) is 26.3 Å². The van der Waals surface area contributed by atoms with E-state index in [1.807, 2.05) is 0 Å². The van der Waals surface area contributed by atoms with E-state index in [1.165, 1.54) is 24.3 Å². The molecule has 1 fully saturated rings. The van der Waals surface area contributed by atoms with Crippen molar-refractivity contribution in [3.8, 4) is 0 Å². The van der Waals surface area contributed by atoms with Crippen LogP contribution in [-0.4, -0.2) is 28.0 Å². The first-order chi connectivity index (χ1) is 19.7. The van der Waals surface area contributed by atoms with Crippen molar-refractivity contribution in [1.29, 1.82) is 0 Å². The molecule has 1 saturated carbocycles. The summed E-state index contributed by atoms with van der Waals surface area (Å²) >= 11 is 6.20. The number of imidazole rings is 1. The lowest BCUT2D eigenvalue weighted by Crippen LogP contribution is -2.54. The van der Waals surface area contributed by atoms with E-state index < -0.39 is 35.1 Å². The highest BCUT2D eigenvalue weighted by molar-refractivity contribution is 6.34. The molecule has 0 unspecified atom stereocenters. The topological polar surface area (TPSA) is 86.9 Å². The van der Waals surface area contributed by atoms with Gasteiger partial charge in [-0.15, -0.1) is 0 Å². The SMILES string of the molecule is O=C(Nc1ccc(Cc2nc3ccc(C(F)(F)F)cc3[nH]2)cc1)c1cc(CNC(=O)C2(C(F)(F)F)CCC2)ccc1Cl. The molecule has 3 aromatic carbocycles. The number of aromatic amines is 1. The molecule has 0 atom stereocenters. The maximum atomic E-state index is 13.4. The van der Waals surface area contributed by atoms with Gasteiger partial charge in [-0.3, -0.25) is 9.59 Å². The number of carbonyl (C=O) groups is 2. The molecule has 0 saturated heterocycles. The zero-order chi connectivity index (χ0) is 30.3. The van der Waals surface area contributed by atoms with Crippen LogP contribution in [-0.2, 0) is 23.9 Å². The number of nitrogens with zero attached hydrogens (tertiary/aromatic N) is 1. The highest BCUT2D eigenvalue weighted by atomic mass is 35.5. The molecule has 5 rings (SSSR count). The minimum Gasteiger partial charge on any atom is -0.351 e. The fourth-order valence-electron chi connectivity index (χ4n) is 4.80. The number of amides is 2. The summed E-state index contributed by atoms with van der Waals surface area (Å²) in [6.45, 7) is -0.206. The average molecular weight is 609 g/mol. The lowest BCUT2D eigenvalue weighted by Gasteiger charge is -2.41. The van der Waals surface area contributed by atoms with Crippen molar-refractivity contribution < 1.29 is 35.9 Å². The minimum atomic E-state index is -4.64. The van der Waals surface area contributed by atoms with Crippen molar-refractivity contribution in [2.75, 3.05) is 5.32 Å². The first-order valence-corrected chi connectivity index (χ1v) is 13.2. The normalized spacial score (nSPS) is 14.8. The number of fused-ring (bicyclic) bond motifs is 1. The predicted octanol–water partition coefficient (Wildman–Crippen LogP) is 7.43. The Kier molecular flexibility index (Phi) is 7.69. The molecule has 0 bridgehead atoms. The van der Waals surface area contributed by atoms with E-state index in [0.717, 1.165) is 17.7 Å². The number of halogens is 7. The van der Waals surface area contributed by atoms with E-state index in [0.29, 0.717) is 35.4 Å². The number of nitrogens with one attached hydrogen (secondary N) is 3. The molecule has 4 aromatic rings. The molecule has 3 N–H and O–H groups in total. The van der Waals surface area contributed by atoms with Crippen LogP contribution in [0.1, 0.15) is 52.1 Å². The number of aromatic nitrogens is 2. The molecule has 1 heterocycles. The number of carbonyl (C=O) groups excluding carboxylic acids is 2. The van der Waals surface area contributed by atoms with E-state index >= 15 is 0 Å². The molecule has 2 amide bonds. The van der Waals surface area contributed by atoms with Gasteiger partial charge in [0.25, 0.3) is 5.91 Å². The van der Waals surface area contributed by atoms with E-state index in [-0.39, 0.29) is 35.5 Å². The molecular formula is C29H23ClF6N4O2. The van der Waals surface area contributed by atoms with Gasteiger partial charge in [-0.05, 0) is 66.4 Å². The van der Waals surface area contributed by atoms with Crippen LogP contribution in [0.5, 0.6) is 0 Å². The minimum absolute atomic E-state index is 0.0715. The molecule has 6 nitrogen and oxygen atoms in total. The van der Waals surface area contributed by atoms with Crippen molar-refractivity contribution in [2.24, 2.45) is 5.41 Å². The molecule has 1 aliphatic carbocycles. The Morgan fingerprint density at radius 3 is 2.24 bits per heavy atom. The van der Waals surface area contributed by atoms with E-state index in [1.54, 1.807) is 24.3 Å². The molecule has 1 aliphatic rings.